The number of hydrogen-bond acceptors (Lipinski definition) is 5. The van der Waals surface area contributed by atoms with Gasteiger partial charge in [-0.05, 0) is 37.3 Å². The molecule has 4 nitrogen and oxygen atoms in total. The smallest absolute Gasteiger partial charge is 0.243 e. The SMILES string of the molecule is COc1nccnc1C(=O)c1cc2c(s1)CCCC2. The molecule has 19 heavy (non-hydrogen) atoms. The summed E-state index contributed by atoms with van der Waals surface area (Å²) in [5, 5.41) is 0. The van der Waals surface area contributed by atoms with Crippen LogP contribution in [0.25, 0.3) is 0 Å². The van der Waals surface area contributed by atoms with E-state index in [9.17, 15) is 4.79 Å². The highest BCUT2D eigenvalue weighted by molar-refractivity contribution is 7.14. The minimum atomic E-state index is -0.0932. The number of ketones is 1. The Morgan fingerprint density at radius 1 is 1.26 bits per heavy atom. The summed E-state index contributed by atoms with van der Waals surface area (Å²) in [7, 11) is 1.50. The Morgan fingerprint density at radius 3 is 2.84 bits per heavy atom. The van der Waals surface area contributed by atoms with E-state index in [1.165, 1.54) is 42.8 Å². The van der Waals surface area contributed by atoms with Crippen LogP contribution in [-0.4, -0.2) is 22.9 Å². The van der Waals surface area contributed by atoms with E-state index in [0.717, 1.165) is 17.7 Å². The van der Waals surface area contributed by atoms with E-state index in [1.54, 1.807) is 11.3 Å². The van der Waals surface area contributed by atoms with Gasteiger partial charge in [-0.25, -0.2) is 9.97 Å². The molecule has 1 aliphatic carbocycles. The van der Waals surface area contributed by atoms with Crippen molar-refractivity contribution in [3.8, 4) is 5.88 Å². The van der Waals surface area contributed by atoms with Crippen LogP contribution in [0, 0.1) is 0 Å². The molecule has 0 aliphatic heterocycles. The quantitative estimate of drug-likeness (QED) is 0.807. The summed E-state index contributed by atoms with van der Waals surface area (Å²) in [6, 6.07) is 2.01. The molecule has 0 atom stereocenters. The zero-order chi connectivity index (χ0) is 13.2. The van der Waals surface area contributed by atoms with E-state index < -0.39 is 0 Å². The Labute approximate surface area is 115 Å². The molecular formula is C14H14N2O2S. The van der Waals surface area contributed by atoms with Gasteiger partial charge in [0.05, 0.1) is 12.0 Å². The highest BCUT2D eigenvalue weighted by Crippen LogP contribution is 2.31. The summed E-state index contributed by atoms with van der Waals surface area (Å²) in [6.07, 6.45) is 7.64. The van der Waals surface area contributed by atoms with Crippen molar-refractivity contribution in [3.05, 3.63) is 39.5 Å². The van der Waals surface area contributed by atoms with Crippen LogP contribution in [0.3, 0.4) is 0 Å². The second kappa shape index (κ2) is 5.09. The molecule has 0 saturated heterocycles. The lowest BCUT2D eigenvalue weighted by molar-refractivity contribution is 0.103. The summed E-state index contributed by atoms with van der Waals surface area (Å²) in [5.74, 6) is 0.197. The maximum Gasteiger partial charge on any atom is 0.243 e. The molecule has 0 saturated carbocycles. The Bertz CT molecular complexity index is 598. The van der Waals surface area contributed by atoms with E-state index >= 15 is 0 Å². The van der Waals surface area contributed by atoms with Crippen LogP contribution < -0.4 is 4.74 Å². The number of ether oxygens (including phenoxy) is 1. The largest absolute Gasteiger partial charge is 0.479 e. The summed E-state index contributed by atoms with van der Waals surface area (Å²) in [6.45, 7) is 0. The predicted molar refractivity (Wildman–Crippen MR) is 73.0 cm³/mol. The molecule has 98 valence electrons. The normalized spacial score (nSPS) is 13.9. The van der Waals surface area contributed by atoms with Gasteiger partial charge in [0, 0.05) is 17.3 Å². The summed E-state index contributed by atoms with van der Waals surface area (Å²) < 4.78 is 5.10. The molecule has 0 radical (unpaired) electrons. The maximum absolute atomic E-state index is 12.5. The van der Waals surface area contributed by atoms with Gasteiger partial charge in [0.25, 0.3) is 0 Å². The van der Waals surface area contributed by atoms with Gasteiger partial charge in [-0.2, -0.15) is 0 Å². The van der Waals surface area contributed by atoms with E-state index in [2.05, 4.69) is 9.97 Å². The molecule has 2 heterocycles. The number of rotatable bonds is 3. The molecule has 2 aromatic heterocycles. The van der Waals surface area contributed by atoms with Crippen molar-refractivity contribution >= 4 is 17.1 Å². The first-order chi connectivity index (χ1) is 9.29. The van der Waals surface area contributed by atoms with Crippen molar-refractivity contribution < 1.29 is 9.53 Å². The van der Waals surface area contributed by atoms with Crippen molar-refractivity contribution in [3.63, 3.8) is 0 Å². The van der Waals surface area contributed by atoms with E-state index in [-0.39, 0.29) is 5.78 Å². The van der Waals surface area contributed by atoms with Gasteiger partial charge in [-0.15, -0.1) is 11.3 Å². The van der Waals surface area contributed by atoms with E-state index in [0.29, 0.717) is 11.6 Å². The molecule has 0 fully saturated rings. The van der Waals surface area contributed by atoms with Crippen molar-refractivity contribution in [1.82, 2.24) is 9.97 Å². The number of nitrogens with zero attached hydrogens (tertiary/aromatic N) is 2. The van der Waals surface area contributed by atoms with Crippen molar-refractivity contribution in [2.75, 3.05) is 7.11 Å². The van der Waals surface area contributed by atoms with Gasteiger partial charge in [0.1, 0.15) is 0 Å². The number of aryl methyl sites for hydroxylation is 2. The fourth-order valence-corrected chi connectivity index (χ4v) is 3.54. The monoisotopic (exact) mass is 274 g/mol. The predicted octanol–water partition coefficient (Wildman–Crippen LogP) is 2.66. The minimum absolute atomic E-state index is 0.0932. The first kappa shape index (κ1) is 12.3. The first-order valence-electron chi connectivity index (χ1n) is 6.31. The van der Waals surface area contributed by atoms with Crippen LogP contribution >= 0.6 is 11.3 Å². The number of carbonyl (C=O) groups is 1. The topological polar surface area (TPSA) is 52.1 Å². The number of fused-ring (bicyclic) bond motifs is 1. The van der Waals surface area contributed by atoms with Gasteiger partial charge < -0.3 is 4.74 Å². The molecule has 0 spiro atoms. The lowest BCUT2D eigenvalue weighted by Crippen LogP contribution is -2.06. The third kappa shape index (κ3) is 2.26. The van der Waals surface area contributed by atoms with Gasteiger partial charge in [-0.3, -0.25) is 4.79 Å². The van der Waals surface area contributed by atoms with Gasteiger partial charge in [0.15, 0.2) is 5.69 Å². The number of carbonyl (C=O) groups excluding carboxylic acids is 1. The fraction of sp³-hybridized carbons (Fsp3) is 0.357. The highest BCUT2D eigenvalue weighted by atomic mass is 32.1. The van der Waals surface area contributed by atoms with Crippen LogP contribution in [0.5, 0.6) is 5.88 Å². The standard InChI is InChI=1S/C14H14N2O2S/c1-18-14-12(15-6-7-16-14)13(17)11-8-9-4-2-3-5-10(9)19-11/h6-8H,2-5H2,1H3. The second-order valence-electron chi connectivity index (χ2n) is 4.51. The van der Waals surface area contributed by atoms with Crippen LogP contribution in [0.15, 0.2) is 18.5 Å². The zero-order valence-electron chi connectivity index (χ0n) is 10.7. The molecule has 0 bridgehead atoms. The summed E-state index contributed by atoms with van der Waals surface area (Å²) in [4.78, 5) is 22.7. The minimum Gasteiger partial charge on any atom is -0.479 e. The molecule has 0 amide bonds. The van der Waals surface area contributed by atoms with Gasteiger partial charge >= 0.3 is 0 Å². The van der Waals surface area contributed by atoms with E-state index in [4.69, 9.17) is 4.74 Å². The van der Waals surface area contributed by atoms with Crippen molar-refractivity contribution in [2.45, 2.75) is 25.7 Å². The molecular weight excluding hydrogens is 260 g/mol. The van der Waals surface area contributed by atoms with E-state index in [1.807, 2.05) is 6.07 Å². The third-order valence-electron chi connectivity index (χ3n) is 3.29. The molecule has 2 aromatic rings. The average molecular weight is 274 g/mol. The Kier molecular flexibility index (Phi) is 3.29. The number of hydrogen-bond donors (Lipinski definition) is 0. The molecule has 0 unspecified atom stereocenters. The Morgan fingerprint density at radius 2 is 2.05 bits per heavy atom. The lowest BCUT2D eigenvalue weighted by atomic mass is 9.99. The van der Waals surface area contributed by atoms with Crippen LogP contribution in [-0.2, 0) is 12.8 Å². The lowest BCUT2D eigenvalue weighted by Gasteiger charge is -2.08. The van der Waals surface area contributed by atoms with Crippen molar-refractivity contribution in [1.29, 1.82) is 0 Å². The third-order valence-corrected chi connectivity index (χ3v) is 4.53. The molecule has 5 heteroatoms. The first-order valence-corrected chi connectivity index (χ1v) is 7.12. The molecule has 1 aliphatic rings. The zero-order valence-corrected chi connectivity index (χ0v) is 11.5. The Balaban J connectivity index is 1.97. The summed E-state index contributed by atoms with van der Waals surface area (Å²) >= 11 is 1.58. The highest BCUT2D eigenvalue weighted by Gasteiger charge is 2.22. The number of thiophene rings is 1. The van der Waals surface area contributed by atoms with Crippen LogP contribution in [0.4, 0.5) is 0 Å². The van der Waals surface area contributed by atoms with Crippen LogP contribution in [0.2, 0.25) is 0 Å². The average Bonchev–Trinajstić information content (AvgIpc) is 2.90. The molecule has 3 rings (SSSR count). The Hall–Kier alpha value is -1.75. The van der Waals surface area contributed by atoms with Crippen LogP contribution in [0.1, 0.15) is 38.6 Å². The second-order valence-corrected chi connectivity index (χ2v) is 5.65. The number of methoxy groups -OCH3 is 1. The maximum atomic E-state index is 12.5. The summed E-state index contributed by atoms with van der Waals surface area (Å²) in [5.41, 5.74) is 1.62. The molecule has 0 aromatic carbocycles. The van der Waals surface area contributed by atoms with Gasteiger partial charge in [-0.1, -0.05) is 0 Å². The number of aromatic nitrogens is 2. The molecule has 0 N–H and O–H groups in total. The van der Waals surface area contributed by atoms with Gasteiger partial charge in [0.2, 0.25) is 11.7 Å². The van der Waals surface area contributed by atoms with Crippen molar-refractivity contribution in [2.24, 2.45) is 0 Å². The fourth-order valence-electron chi connectivity index (χ4n) is 2.35.